The molecular weight excluding hydrogens is 342 g/mol. The van der Waals surface area contributed by atoms with Crippen LogP contribution in [0.2, 0.25) is 0 Å². The zero-order valence-electron chi connectivity index (χ0n) is 13.2. The predicted molar refractivity (Wildman–Crippen MR) is 97.2 cm³/mol. The van der Waals surface area contributed by atoms with Crippen LogP contribution >= 0.6 is 23.1 Å². The minimum atomic E-state index is -0.159. The number of thiazole rings is 1. The molecule has 1 atom stereocenters. The fourth-order valence-electron chi connectivity index (χ4n) is 2.66. The Morgan fingerprint density at radius 3 is 2.92 bits per heavy atom. The summed E-state index contributed by atoms with van der Waals surface area (Å²) in [4.78, 5) is 31.7. The van der Waals surface area contributed by atoms with E-state index in [2.05, 4.69) is 10.3 Å². The highest BCUT2D eigenvalue weighted by Crippen LogP contribution is 2.22. The summed E-state index contributed by atoms with van der Waals surface area (Å²) in [6, 6.07) is 9.89. The first-order valence-electron chi connectivity index (χ1n) is 7.88. The van der Waals surface area contributed by atoms with Gasteiger partial charge in [-0.1, -0.05) is 18.2 Å². The zero-order chi connectivity index (χ0) is 16.8. The molecule has 1 aliphatic heterocycles. The zero-order valence-corrected chi connectivity index (χ0v) is 14.8. The third-order valence-electron chi connectivity index (χ3n) is 3.91. The quantitative estimate of drug-likeness (QED) is 0.831. The number of nitrogens with one attached hydrogen (secondary N) is 1. The van der Waals surface area contributed by atoms with Crippen molar-refractivity contribution in [3.63, 3.8) is 0 Å². The van der Waals surface area contributed by atoms with E-state index < -0.39 is 0 Å². The largest absolute Gasteiger partial charge is 0.341 e. The number of carbonyl (C=O) groups excluding carboxylic acids is 2. The van der Waals surface area contributed by atoms with Crippen LogP contribution in [0.15, 0.2) is 46.8 Å². The summed E-state index contributed by atoms with van der Waals surface area (Å²) in [5, 5.41) is 5.27. The SMILES string of the molecule is O=C(Nc1nccs1)[C@@H]1CCCN(C(=O)CSc2ccccc2)C1. The lowest BCUT2D eigenvalue weighted by Gasteiger charge is -2.31. The molecule has 2 amide bonds. The van der Waals surface area contributed by atoms with Crippen LogP contribution < -0.4 is 5.32 Å². The Morgan fingerprint density at radius 2 is 2.17 bits per heavy atom. The lowest BCUT2D eigenvalue weighted by atomic mass is 9.97. The smallest absolute Gasteiger partial charge is 0.232 e. The molecule has 2 aromatic rings. The number of amides is 2. The van der Waals surface area contributed by atoms with Gasteiger partial charge in [-0.2, -0.15) is 0 Å². The van der Waals surface area contributed by atoms with E-state index in [1.54, 1.807) is 6.20 Å². The van der Waals surface area contributed by atoms with Crippen molar-refractivity contribution in [1.29, 1.82) is 0 Å². The van der Waals surface area contributed by atoms with Gasteiger partial charge in [-0.3, -0.25) is 9.59 Å². The van der Waals surface area contributed by atoms with Gasteiger partial charge in [0.1, 0.15) is 0 Å². The van der Waals surface area contributed by atoms with E-state index in [0.29, 0.717) is 17.4 Å². The third kappa shape index (κ3) is 4.58. The van der Waals surface area contributed by atoms with E-state index in [1.807, 2.05) is 40.6 Å². The van der Waals surface area contributed by atoms with Gasteiger partial charge in [0.15, 0.2) is 5.13 Å². The molecule has 1 fully saturated rings. The minimum Gasteiger partial charge on any atom is -0.341 e. The van der Waals surface area contributed by atoms with Gasteiger partial charge < -0.3 is 10.2 Å². The molecule has 0 saturated carbocycles. The van der Waals surface area contributed by atoms with Crippen LogP contribution in [-0.2, 0) is 9.59 Å². The van der Waals surface area contributed by atoms with Gasteiger partial charge in [-0.15, -0.1) is 23.1 Å². The second-order valence-electron chi connectivity index (χ2n) is 5.61. The second-order valence-corrected chi connectivity index (χ2v) is 7.55. The molecule has 3 rings (SSSR count). The molecule has 1 aromatic carbocycles. The number of carbonyl (C=O) groups is 2. The van der Waals surface area contributed by atoms with E-state index >= 15 is 0 Å². The third-order valence-corrected chi connectivity index (χ3v) is 5.60. The summed E-state index contributed by atoms with van der Waals surface area (Å²) in [5.74, 6) is 0.298. The molecule has 0 unspecified atom stereocenters. The van der Waals surface area contributed by atoms with E-state index in [0.717, 1.165) is 24.3 Å². The van der Waals surface area contributed by atoms with Gasteiger partial charge in [0.2, 0.25) is 11.8 Å². The number of piperidine rings is 1. The average Bonchev–Trinajstić information content (AvgIpc) is 3.13. The van der Waals surface area contributed by atoms with Gasteiger partial charge in [-0.05, 0) is 25.0 Å². The first kappa shape index (κ1) is 17.0. The van der Waals surface area contributed by atoms with Gasteiger partial charge in [0.05, 0.1) is 11.7 Å². The number of thioether (sulfide) groups is 1. The highest BCUT2D eigenvalue weighted by molar-refractivity contribution is 8.00. The Morgan fingerprint density at radius 1 is 1.33 bits per heavy atom. The number of hydrogen-bond donors (Lipinski definition) is 1. The number of anilines is 1. The molecule has 0 spiro atoms. The van der Waals surface area contributed by atoms with Crippen molar-refractivity contribution in [1.82, 2.24) is 9.88 Å². The van der Waals surface area contributed by atoms with Crippen molar-refractivity contribution in [2.75, 3.05) is 24.2 Å². The van der Waals surface area contributed by atoms with Crippen molar-refractivity contribution in [2.45, 2.75) is 17.7 Å². The molecule has 126 valence electrons. The molecule has 1 aliphatic rings. The molecular formula is C17H19N3O2S2. The van der Waals surface area contributed by atoms with E-state index in [9.17, 15) is 9.59 Å². The van der Waals surface area contributed by atoms with E-state index in [1.165, 1.54) is 23.1 Å². The topological polar surface area (TPSA) is 62.3 Å². The molecule has 1 N–H and O–H groups in total. The normalized spacial score (nSPS) is 17.5. The first-order valence-corrected chi connectivity index (χ1v) is 9.75. The molecule has 5 nitrogen and oxygen atoms in total. The Balaban J connectivity index is 1.51. The molecule has 2 heterocycles. The number of likely N-dealkylation sites (tertiary alicyclic amines) is 1. The van der Waals surface area contributed by atoms with Crippen LogP contribution in [0.25, 0.3) is 0 Å². The van der Waals surface area contributed by atoms with Crippen LogP contribution in [-0.4, -0.2) is 40.5 Å². The Kier molecular flexibility index (Phi) is 5.87. The van der Waals surface area contributed by atoms with Crippen molar-refractivity contribution in [3.8, 4) is 0 Å². The molecule has 1 saturated heterocycles. The van der Waals surface area contributed by atoms with Crippen molar-refractivity contribution < 1.29 is 9.59 Å². The lowest BCUT2D eigenvalue weighted by Crippen LogP contribution is -2.44. The summed E-state index contributed by atoms with van der Waals surface area (Å²) in [5.41, 5.74) is 0. The number of hydrogen-bond acceptors (Lipinski definition) is 5. The molecule has 24 heavy (non-hydrogen) atoms. The van der Waals surface area contributed by atoms with Crippen molar-refractivity contribution in [3.05, 3.63) is 41.9 Å². The predicted octanol–water partition coefficient (Wildman–Crippen LogP) is 3.11. The Hall–Kier alpha value is -1.86. The standard InChI is InChI=1S/C17H19N3O2S2/c21-15(12-24-14-6-2-1-3-7-14)20-9-4-5-13(11-20)16(22)19-17-18-8-10-23-17/h1-3,6-8,10,13H,4-5,9,11-12H2,(H,18,19,22)/t13-/m1/s1. The Labute approximate surface area is 149 Å². The molecule has 0 aliphatic carbocycles. The molecule has 0 radical (unpaired) electrons. The molecule has 1 aromatic heterocycles. The van der Waals surface area contributed by atoms with E-state index in [4.69, 9.17) is 0 Å². The second kappa shape index (κ2) is 8.30. The van der Waals surface area contributed by atoms with Crippen LogP contribution in [0, 0.1) is 5.92 Å². The van der Waals surface area contributed by atoms with Crippen molar-refractivity contribution in [2.24, 2.45) is 5.92 Å². The van der Waals surface area contributed by atoms with Gasteiger partial charge >= 0.3 is 0 Å². The van der Waals surface area contributed by atoms with Crippen molar-refractivity contribution >= 4 is 40.0 Å². The minimum absolute atomic E-state index is 0.0434. The average molecular weight is 361 g/mol. The highest BCUT2D eigenvalue weighted by Gasteiger charge is 2.28. The maximum atomic E-state index is 12.4. The number of benzene rings is 1. The number of nitrogens with zero attached hydrogens (tertiary/aromatic N) is 2. The number of aromatic nitrogens is 1. The Bertz CT molecular complexity index is 676. The maximum absolute atomic E-state index is 12.4. The fourth-order valence-corrected chi connectivity index (χ4v) is 4.02. The summed E-state index contributed by atoms with van der Waals surface area (Å²) < 4.78 is 0. The summed E-state index contributed by atoms with van der Waals surface area (Å²) in [6.07, 6.45) is 3.34. The number of rotatable bonds is 5. The summed E-state index contributed by atoms with van der Waals surface area (Å²) in [7, 11) is 0. The maximum Gasteiger partial charge on any atom is 0.232 e. The highest BCUT2D eigenvalue weighted by atomic mass is 32.2. The van der Waals surface area contributed by atoms with Gasteiger partial charge in [0.25, 0.3) is 0 Å². The van der Waals surface area contributed by atoms with Crippen LogP contribution in [0.1, 0.15) is 12.8 Å². The molecule has 7 heteroatoms. The fraction of sp³-hybridized carbons (Fsp3) is 0.353. The van der Waals surface area contributed by atoms with Crippen LogP contribution in [0.4, 0.5) is 5.13 Å². The van der Waals surface area contributed by atoms with Gasteiger partial charge in [-0.25, -0.2) is 4.98 Å². The summed E-state index contributed by atoms with van der Waals surface area (Å²) >= 11 is 2.94. The monoisotopic (exact) mass is 361 g/mol. The molecule has 0 bridgehead atoms. The lowest BCUT2D eigenvalue weighted by molar-refractivity contribution is -0.132. The van der Waals surface area contributed by atoms with Crippen LogP contribution in [0.3, 0.4) is 0 Å². The first-order chi connectivity index (χ1) is 11.7. The van der Waals surface area contributed by atoms with Gasteiger partial charge in [0, 0.05) is 29.6 Å². The summed E-state index contributed by atoms with van der Waals surface area (Å²) in [6.45, 7) is 1.22. The van der Waals surface area contributed by atoms with E-state index in [-0.39, 0.29) is 17.7 Å². The van der Waals surface area contributed by atoms with Crippen LogP contribution in [0.5, 0.6) is 0 Å².